The SMILES string of the molecule is Cc1ccc(S(=O)(=O)C(C)C(=O)NCC(C)C)c(N)c1. The Hall–Kier alpha value is -1.56. The summed E-state index contributed by atoms with van der Waals surface area (Å²) in [6.07, 6.45) is 0. The van der Waals surface area contributed by atoms with Crippen LogP contribution >= 0.6 is 0 Å². The minimum atomic E-state index is -3.77. The van der Waals surface area contributed by atoms with Gasteiger partial charge in [0.15, 0.2) is 9.84 Å². The highest BCUT2D eigenvalue weighted by atomic mass is 32.2. The van der Waals surface area contributed by atoms with Crippen molar-refractivity contribution in [2.24, 2.45) is 5.92 Å². The summed E-state index contributed by atoms with van der Waals surface area (Å²) >= 11 is 0. The van der Waals surface area contributed by atoms with E-state index in [0.717, 1.165) is 5.56 Å². The van der Waals surface area contributed by atoms with Crippen molar-refractivity contribution in [1.29, 1.82) is 0 Å². The van der Waals surface area contributed by atoms with Crippen LogP contribution < -0.4 is 11.1 Å². The van der Waals surface area contributed by atoms with E-state index in [1.54, 1.807) is 12.1 Å². The second-order valence-electron chi connectivity index (χ2n) is 5.37. The van der Waals surface area contributed by atoms with E-state index >= 15 is 0 Å². The van der Waals surface area contributed by atoms with Gasteiger partial charge in [-0.15, -0.1) is 0 Å². The fraction of sp³-hybridized carbons (Fsp3) is 0.500. The standard InChI is InChI=1S/C14H22N2O3S/c1-9(2)8-16-14(17)11(4)20(18,19)13-6-5-10(3)7-12(13)15/h5-7,9,11H,8,15H2,1-4H3,(H,16,17). The smallest absolute Gasteiger partial charge is 0.238 e. The normalized spacial score (nSPS) is 13.2. The second-order valence-corrected chi connectivity index (χ2v) is 7.60. The maximum absolute atomic E-state index is 12.4. The molecule has 0 fully saturated rings. The fourth-order valence-corrected chi connectivity index (χ4v) is 3.10. The highest BCUT2D eigenvalue weighted by Gasteiger charge is 2.31. The lowest BCUT2D eigenvalue weighted by Gasteiger charge is -2.16. The minimum absolute atomic E-state index is 0.00953. The topological polar surface area (TPSA) is 89.3 Å². The van der Waals surface area contributed by atoms with Gasteiger partial charge in [0.2, 0.25) is 5.91 Å². The van der Waals surface area contributed by atoms with Crippen LogP contribution in [-0.4, -0.2) is 26.1 Å². The van der Waals surface area contributed by atoms with Crippen molar-refractivity contribution < 1.29 is 13.2 Å². The Morgan fingerprint density at radius 2 is 1.90 bits per heavy atom. The molecule has 20 heavy (non-hydrogen) atoms. The lowest BCUT2D eigenvalue weighted by molar-refractivity contribution is -0.120. The molecule has 1 aromatic carbocycles. The molecule has 0 aliphatic carbocycles. The first kappa shape index (κ1) is 16.5. The van der Waals surface area contributed by atoms with E-state index in [9.17, 15) is 13.2 Å². The minimum Gasteiger partial charge on any atom is -0.398 e. The van der Waals surface area contributed by atoms with Gasteiger partial charge >= 0.3 is 0 Å². The molecule has 112 valence electrons. The van der Waals surface area contributed by atoms with Crippen LogP contribution in [0.15, 0.2) is 23.1 Å². The molecule has 1 rings (SSSR count). The third kappa shape index (κ3) is 3.72. The average Bonchev–Trinajstić information content (AvgIpc) is 2.34. The molecule has 0 radical (unpaired) electrons. The number of sulfone groups is 1. The number of amides is 1. The molecular formula is C14H22N2O3S. The highest BCUT2D eigenvalue weighted by Crippen LogP contribution is 2.23. The number of benzene rings is 1. The molecule has 0 aliphatic rings. The largest absolute Gasteiger partial charge is 0.398 e. The Morgan fingerprint density at radius 1 is 1.30 bits per heavy atom. The number of carbonyl (C=O) groups excluding carboxylic acids is 1. The molecule has 1 aromatic rings. The Morgan fingerprint density at radius 3 is 2.40 bits per heavy atom. The van der Waals surface area contributed by atoms with Crippen molar-refractivity contribution in [2.75, 3.05) is 12.3 Å². The molecule has 1 atom stereocenters. The van der Waals surface area contributed by atoms with Gasteiger partial charge < -0.3 is 11.1 Å². The van der Waals surface area contributed by atoms with Crippen molar-refractivity contribution in [2.45, 2.75) is 37.8 Å². The Labute approximate surface area is 120 Å². The summed E-state index contributed by atoms with van der Waals surface area (Å²) < 4.78 is 24.8. The van der Waals surface area contributed by atoms with Gasteiger partial charge in [-0.05, 0) is 37.5 Å². The van der Waals surface area contributed by atoms with E-state index in [2.05, 4.69) is 5.32 Å². The van der Waals surface area contributed by atoms with Crippen LogP contribution in [0.3, 0.4) is 0 Å². The number of rotatable bonds is 5. The first-order valence-electron chi connectivity index (χ1n) is 6.54. The van der Waals surface area contributed by atoms with Crippen LogP contribution in [0.2, 0.25) is 0 Å². The number of carbonyl (C=O) groups is 1. The van der Waals surface area contributed by atoms with Crippen LogP contribution in [0.4, 0.5) is 5.69 Å². The third-order valence-electron chi connectivity index (χ3n) is 2.99. The number of aryl methyl sites for hydroxylation is 1. The zero-order chi connectivity index (χ0) is 15.5. The first-order valence-corrected chi connectivity index (χ1v) is 8.08. The Kier molecular flexibility index (Phi) is 5.16. The monoisotopic (exact) mass is 298 g/mol. The molecule has 6 heteroatoms. The van der Waals surface area contributed by atoms with Crippen LogP contribution in [0, 0.1) is 12.8 Å². The average molecular weight is 298 g/mol. The summed E-state index contributed by atoms with van der Waals surface area (Å²) in [4.78, 5) is 11.9. The third-order valence-corrected chi connectivity index (χ3v) is 5.12. The number of anilines is 1. The summed E-state index contributed by atoms with van der Waals surface area (Å²) in [7, 11) is -3.77. The van der Waals surface area contributed by atoms with Crippen molar-refractivity contribution in [3.63, 3.8) is 0 Å². The molecular weight excluding hydrogens is 276 g/mol. The molecule has 0 saturated heterocycles. The molecule has 0 heterocycles. The number of hydrogen-bond acceptors (Lipinski definition) is 4. The van der Waals surface area contributed by atoms with E-state index in [-0.39, 0.29) is 16.5 Å². The van der Waals surface area contributed by atoms with E-state index in [1.165, 1.54) is 13.0 Å². The maximum Gasteiger partial charge on any atom is 0.238 e. The second kappa shape index (κ2) is 6.26. The maximum atomic E-state index is 12.4. The quantitative estimate of drug-likeness (QED) is 0.806. The summed E-state index contributed by atoms with van der Waals surface area (Å²) in [6, 6.07) is 4.71. The molecule has 1 unspecified atom stereocenters. The predicted molar refractivity (Wildman–Crippen MR) is 80.1 cm³/mol. The van der Waals surface area contributed by atoms with Gasteiger partial charge in [0.05, 0.1) is 10.6 Å². The summed E-state index contributed by atoms with van der Waals surface area (Å²) in [5.74, 6) is -0.239. The van der Waals surface area contributed by atoms with Gasteiger partial charge in [-0.2, -0.15) is 0 Å². The van der Waals surface area contributed by atoms with Gasteiger partial charge in [-0.1, -0.05) is 19.9 Å². The van der Waals surface area contributed by atoms with Crippen molar-refractivity contribution in [1.82, 2.24) is 5.32 Å². The Balaban J connectivity index is 3.01. The van der Waals surface area contributed by atoms with Gasteiger partial charge in [0.1, 0.15) is 5.25 Å². The van der Waals surface area contributed by atoms with Gasteiger partial charge in [-0.3, -0.25) is 4.79 Å². The molecule has 1 amide bonds. The lowest BCUT2D eigenvalue weighted by Crippen LogP contribution is -2.39. The van der Waals surface area contributed by atoms with Crippen LogP contribution in [0.5, 0.6) is 0 Å². The summed E-state index contributed by atoms with van der Waals surface area (Å²) in [5.41, 5.74) is 6.80. The first-order chi connectivity index (χ1) is 9.16. The molecule has 0 aromatic heterocycles. The predicted octanol–water partition coefficient (Wildman–Crippen LogP) is 1.51. The van der Waals surface area contributed by atoms with Crippen LogP contribution in [-0.2, 0) is 14.6 Å². The number of hydrogen-bond donors (Lipinski definition) is 2. The number of nitrogens with one attached hydrogen (secondary N) is 1. The van der Waals surface area contributed by atoms with Crippen LogP contribution in [0.1, 0.15) is 26.3 Å². The van der Waals surface area contributed by atoms with E-state index in [1.807, 2.05) is 20.8 Å². The van der Waals surface area contributed by atoms with Crippen molar-refractivity contribution in [3.05, 3.63) is 23.8 Å². The fourth-order valence-electron chi connectivity index (χ4n) is 1.71. The van der Waals surface area contributed by atoms with Crippen molar-refractivity contribution in [3.8, 4) is 0 Å². The van der Waals surface area contributed by atoms with Crippen LogP contribution in [0.25, 0.3) is 0 Å². The molecule has 0 bridgehead atoms. The van der Waals surface area contributed by atoms with Crippen molar-refractivity contribution >= 4 is 21.4 Å². The van der Waals surface area contributed by atoms with E-state index < -0.39 is 21.0 Å². The molecule has 0 spiro atoms. The molecule has 3 N–H and O–H groups in total. The zero-order valence-corrected chi connectivity index (χ0v) is 13.1. The van der Waals surface area contributed by atoms with Gasteiger partial charge in [0, 0.05) is 6.54 Å². The zero-order valence-electron chi connectivity index (χ0n) is 12.3. The van der Waals surface area contributed by atoms with E-state index in [4.69, 9.17) is 5.73 Å². The number of nitrogen functional groups attached to an aromatic ring is 1. The summed E-state index contributed by atoms with van der Waals surface area (Å²) in [6.45, 7) is 7.53. The lowest BCUT2D eigenvalue weighted by atomic mass is 10.2. The number of nitrogens with two attached hydrogens (primary N) is 1. The Bertz CT molecular complexity index is 594. The highest BCUT2D eigenvalue weighted by molar-refractivity contribution is 7.93. The molecule has 0 aliphatic heterocycles. The molecule has 0 saturated carbocycles. The van der Waals surface area contributed by atoms with Gasteiger partial charge in [-0.25, -0.2) is 8.42 Å². The molecule has 5 nitrogen and oxygen atoms in total. The van der Waals surface area contributed by atoms with E-state index in [0.29, 0.717) is 6.54 Å². The summed E-state index contributed by atoms with van der Waals surface area (Å²) in [5, 5.41) is 1.47. The van der Waals surface area contributed by atoms with Gasteiger partial charge in [0.25, 0.3) is 0 Å².